The van der Waals surface area contributed by atoms with Crippen LogP contribution >= 0.6 is 0 Å². The average Bonchev–Trinajstić information content (AvgIpc) is 3.48. The number of methoxy groups -OCH3 is 1. The first-order valence-corrected chi connectivity index (χ1v) is 13.1. The smallest absolute Gasteiger partial charge is 0.416 e. The predicted octanol–water partition coefficient (Wildman–Crippen LogP) is 5.36. The second-order valence-corrected chi connectivity index (χ2v) is 9.87. The molecule has 1 unspecified atom stereocenters. The van der Waals surface area contributed by atoms with Gasteiger partial charge in [-0.15, -0.1) is 0 Å². The number of hydrogen-bond acceptors (Lipinski definition) is 6. The Kier molecular flexibility index (Phi) is 8.20. The zero-order chi connectivity index (χ0) is 28.3. The Labute approximate surface area is 230 Å². The minimum atomic E-state index is -4.52. The molecule has 0 bridgehead atoms. The van der Waals surface area contributed by atoms with Gasteiger partial charge >= 0.3 is 6.18 Å². The van der Waals surface area contributed by atoms with Crippen LogP contribution in [0.25, 0.3) is 0 Å². The third kappa shape index (κ3) is 6.04. The number of benzene rings is 3. The Hall–Kier alpha value is -3.73. The molecule has 1 amide bonds. The van der Waals surface area contributed by atoms with Crippen molar-refractivity contribution in [1.29, 1.82) is 0 Å². The van der Waals surface area contributed by atoms with E-state index in [4.69, 9.17) is 9.47 Å². The molecule has 1 saturated heterocycles. The number of aliphatic hydroxyl groups excluding tert-OH is 1. The Morgan fingerprint density at radius 3 is 2.67 bits per heavy atom. The Bertz CT molecular complexity index is 1390. The number of carbonyl (C=O) groups excluding carboxylic acids is 1. The topological polar surface area (TPSA) is 74.6 Å². The van der Waals surface area contributed by atoms with E-state index in [1.165, 1.54) is 17.0 Å². The fourth-order valence-electron chi connectivity index (χ4n) is 5.19. The molecule has 7 nitrogen and oxygen atoms in total. The van der Waals surface area contributed by atoms with Crippen molar-refractivity contribution in [2.24, 2.45) is 4.99 Å². The molecule has 10 heteroatoms. The van der Waals surface area contributed by atoms with E-state index in [1.54, 1.807) is 55.6 Å². The number of fused-ring (bicyclic) bond motifs is 1. The quantitative estimate of drug-likeness (QED) is 0.387. The normalized spacial score (nSPS) is 19.3. The molecule has 0 aliphatic carbocycles. The van der Waals surface area contributed by atoms with Crippen molar-refractivity contribution in [3.8, 4) is 5.75 Å². The number of halogens is 3. The minimum absolute atomic E-state index is 0.0339. The maximum absolute atomic E-state index is 13.6. The minimum Gasteiger partial charge on any atom is -0.491 e. The van der Waals surface area contributed by atoms with E-state index in [1.807, 2.05) is 0 Å². The van der Waals surface area contributed by atoms with Crippen molar-refractivity contribution in [3.63, 3.8) is 0 Å². The molecule has 2 atom stereocenters. The second kappa shape index (κ2) is 11.8. The first-order chi connectivity index (χ1) is 19.2. The third-order valence-electron chi connectivity index (χ3n) is 7.04. The van der Waals surface area contributed by atoms with Gasteiger partial charge in [0.25, 0.3) is 5.91 Å². The molecule has 1 fully saturated rings. The molecule has 2 aliphatic heterocycles. The van der Waals surface area contributed by atoms with Crippen molar-refractivity contribution in [2.75, 3.05) is 38.3 Å². The highest BCUT2D eigenvalue weighted by atomic mass is 19.4. The van der Waals surface area contributed by atoms with E-state index < -0.39 is 23.8 Å². The predicted molar refractivity (Wildman–Crippen MR) is 146 cm³/mol. The molecule has 0 saturated carbocycles. The fraction of sp³-hybridized carbons (Fsp3) is 0.333. The van der Waals surface area contributed by atoms with Gasteiger partial charge in [0, 0.05) is 31.3 Å². The van der Waals surface area contributed by atoms with E-state index in [9.17, 15) is 23.1 Å². The molecule has 0 spiro atoms. The van der Waals surface area contributed by atoms with E-state index >= 15 is 0 Å². The molecule has 3 aromatic rings. The monoisotopic (exact) mass is 553 g/mol. The molecule has 1 N–H and O–H groups in total. The molecule has 0 aromatic heterocycles. The number of hydrogen-bond donors (Lipinski definition) is 1. The zero-order valence-electron chi connectivity index (χ0n) is 22.0. The van der Waals surface area contributed by atoms with Crippen molar-refractivity contribution in [1.82, 2.24) is 4.90 Å². The van der Waals surface area contributed by atoms with Gasteiger partial charge in [0.05, 0.1) is 29.2 Å². The number of nitrogens with zero attached hydrogens (tertiary/aromatic N) is 3. The highest BCUT2D eigenvalue weighted by molar-refractivity contribution is 6.56. The Morgan fingerprint density at radius 2 is 1.88 bits per heavy atom. The van der Waals surface area contributed by atoms with E-state index in [0.29, 0.717) is 35.8 Å². The van der Waals surface area contributed by atoms with Crippen molar-refractivity contribution in [3.05, 3.63) is 83.9 Å². The van der Waals surface area contributed by atoms with Gasteiger partial charge in [-0.3, -0.25) is 14.6 Å². The van der Waals surface area contributed by atoms with Crippen LogP contribution in [0.3, 0.4) is 0 Å². The summed E-state index contributed by atoms with van der Waals surface area (Å²) >= 11 is 0. The van der Waals surface area contributed by atoms with Crippen LogP contribution < -0.4 is 9.64 Å². The maximum atomic E-state index is 13.6. The maximum Gasteiger partial charge on any atom is 0.416 e. The standard InChI is InChI=1S/C30H30F3N3O4/c1-39-18-23-10-6-14-35(23)17-24(37)19-40-25-11-5-9-22(16-25)36-27-13-3-2-12-26(27)28(29(36)38)34-21-8-4-7-20(15-21)30(31,32)33/h2-5,7-9,11-13,15-16,23-24,37H,6,10,14,17-19H2,1H3/t23-,24?/m0/s1. The van der Waals surface area contributed by atoms with Gasteiger partial charge in [-0.25, -0.2) is 4.99 Å². The lowest BCUT2D eigenvalue weighted by atomic mass is 10.1. The lowest BCUT2D eigenvalue weighted by molar-refractivity contribution is -0.137. The molecule has 5 rings (SSSR count). The molecule has 210 valence electrons. The number of likely N-dealkylation sites (tertiary alicyclic amines) is 1. The molecular weight excluding hydrogens is 523 g/mol. The summed E-state index contributed by atoms with van der Waals surface area (Å²) in [4.78, 5) is 21.6. The summed E-state index contributed by atoms with van der Waals surface area (Å²) in [7, 11) is 1.67. The highest BCUT2D eigenvalue weighted by Crippen LogP contribution is 2.38. The first kappa shape index (κ1) is 27.8. The van der Waals surface area contributed by atoms with Crippen LogP contribution in [-0.2, 0) is 15.7 Å². The fourth-order valence-corrected chi connectivity index (χ4v) is 5.19. The van der Waals surface area contributed by atoms with Crippen molar-refractivity contribution >= 4 is 28.7 Å². The largest absolute Gasteiger partial charge is 0.491 e. The molecular formula is C30H30F3N3O4. The summed E-state index contributed by atoms with van der Waals surface area (Å²) in [6, 6.07) is 18.8. The van der Waals surface area contributed by atoms with Crippen molar-refractivity contribution in [2.45, 2.75) is 31.2 Å². The van der Waals surface area contributed by atoms with Crippen LogP contribution in [0.15, 0.2) is 77.8 Å². The summed E-state index contributed by atoms with van der Waals surface area (Å²) in [5, 5.41) is 10.6. The highest BCUT2D eigenvalue weighted by Gasteiger charge is 2.36. The molecule has 3 aromatic carbocycles. The van der Waals surface area contributed by atoms with Gasteiger partial charge in [0.2, 0.25) is 0 Å². The van der Waals surface area contributed by atoms with E-state index in [0.717, 1.165) is 31.5 Å². The SMILES string of the molecule is COC[C@@H]1CCCN1CC(O)COc1cccc(N2C(=O)C(=Nc3cccc(C(F)(F)F)c3)c3ccccc32)c1. The molecule has 0 radical (unpaired) electrons. The molecule has 2 aliphatic rings. The van der Waals surface area contributed by atoms with Gasteiger partial charge in [-0.2, -0.15) is 13.2 Å². The van der Waals surface area contributed by atoms with Crippen LogP contribution in [0.4, 0.5) is 30.2 Å². The second-order valence-electron chi connectivity index (χ2n) is 9.87. The number of aliphatic hydroxyl groups is 1. The summed E-state index contributed by atoms with van der Waals surface area (Å²) in [6.07, 6.45) is -3.13. The number of carbonyl (C=O) groups is 1. The van der Waals surface area contributed by atoms with Crippen LogP contribution in [-0.4, -0.2) is 67.2 Å². The van der Waals surface area contributed by atoms with Crippen LogP contribution in [0.5, 0.6) is 5.75 Å². The average molecular weight is 554 g/mol. The number of alkyl halides is 3. The zero-order valence-corrected chi connectivity index (χ0v) is 22.0. The van der Waals surface area contributed by atoms with Crippen LogP contribution in [0, 0.1) is 0 Å². The summed E-state index contributed by atoms with van der Waals surface area (Å²) < 4.78 is 50.8. The van der Waals surface area contributed by atoms with Gasteiger partial charge in [0.1, 0.15) is 24.2 Å². The van der Waals surface area contributed by atoms with Gasteiger partial charge < -0.3 is 14.6 Å². The van der Waals surface area contributed by atoms with E-state index in [-0.39, 0.29) is 24.0 Å². The van der Waals surface area contributed by atoms with Crippen LogP contribution in [0.1, 0.15) is 24.0 Å². The Morgan fingerprint density at radius 1 is 1.07 bits per heavy atom. The number of rotatable bonds is 9. The lowest BCUT2D eigenvalue weighted by Gasteiger charge is -2.26. The lowest BCUT2D eigenvalue weighted by Crippen LogP contribution is -2.40. The molecule has 40 heavy (non-hydrogen) atoms. The number of anilines is 2. The number of amides is 1. The molecule has 2 heterocycles. The summed E-state index contributed by atoms with van der Waals surface area (Å²) in [6.45, 7) is 2.08. The number of para-hydroxylation sites is 1. The summed E-state index contributed by atoms with van der Waals surface area (Å²) in [5.41, 5.74) is 0.838. The number of ether oxygens (including phenoxy) is 2. The number of β-amino-alcohol motifs (C(OH)–C–C–N with tert-alkyl or cyclic N) is 1. The summed E-state index contributed by atoms with van der Waals surface area (Å²) in [5.74, 6) is 0.00831. The Balaban J connectivity index is 1.34. The van der Waals surface area contributed by atoms with Gasteiger partial charge in [-0.1, -0.05) is 30.3 Å². The van der Waals surface area contributed by atoms with E-state index in [2.05, 4.69) is 9.89 Å². The van der Waals surface area contributed by atoms with Gasteiger partial charge in [0.15, 0.2) is 0 Å². The van der Waals surface area contributed by atoms with Gasteiger partial charge in [-0.05, 0) is 55.8 Å². The third-order valence-corrected chi connectivity index (χ3v) is 7.04. The van der Waals surface area contributed by atoms with Crippen molar-refractivity contribution < 1.29 is 32.5 Å². The van der Waals surface area contributed by atoms with Crippen LogP contribution in [0.2, 0.25) is 0 Å². The first-order valence-electron chi connectivity index (χ1n) is 13.1. The number of aliphatic imine (C=N–C) groups is 1.